The van der Waals surface area contributed by atoms with E-state index in [1.165, 1.54) is 31.0 Å². The van der Waals surface area contributed by atoms with Crippen LogP contribution in [0.3, 0.4) is 0 Å². The molecule has 1 aromatic heterocycles. The highest BCUT2D eigenvalue weighted by Crippen LogP contribution is 2.31. The van der Waals surface area contributed by atoms with Crippen molar-refractivity contribution in [3.05, 3.63) is 33.1 Å². The van der Waals surface area contributed by atoms with Gasteiger partial charge in [-0.2, -0.15) is 0 Å². The summed E-state index contributed by atoms with van der Waals surface area (Å²) in [6.45, 7) is 1.85. The van der Waals surface area contributed by atoms with Crippen molar-refractivity contribution in [2.45, 2.75) is 31.5 Å². The zero-order valence-corrected chi connectivity index (χ0v) is 11.4. The molecule has 1 aromatic rings. The van der Waals surface area contributed by atoms with Crippen LogP contribution >= 0.6 is 0 Å². The van der Waals surface area contributed by atoms with Gasteiger partial charge in [0.15, 0.2) is 6.23 Å². The van der Waals surface area contributed by atoms with E-state index in [1.807, 2.05) is 6.92 Å². The molecule has 0 bridgehead atoms. The maximum Gasteiger partial charge on any atom is 0.332 e. The Labute approximate surface area is 110 Å². The van der Waals surface area contributed by atoms with Crippen LogP contribution in [0.25, 0.3) is 0 Å². The second-order valence-electron chi connectivity index (χ2n) is 4.54. The molecule has 0 saturated carbocycles. The first kappa shape index (κ1) is 14.0. The van der Waals surface area contributed by atoms with Crippen LogP contribution in [0.4, 0.5) is 0 Å². The highest BCUT2D eigenvalue weighted by atomic mass is 16.6. The summed E-state index contributed by atoms with van der Waals surface area (Å²) in [6, 6.07) is 1.32. The van der Waals surface area contributed by atoms with Crippen molar-refractivity contribution in [2.24, 2.45) is 7.05 Å². The van der Waals surface area contributed by atoms with E-state index in [9.17, 15) is 9.59 Å². The van der Waals surface area contributed by atoms with E-state index >= 15 is 0 Å². The maximum absolute atomic E-state index is 12.1. The van der Waals surface area contributed by atoms with Gasteiger partial charge in [-0.25, -0.2) is 4.79 Å². The van der Waals surface area contributed by atoms with Crippen LogP contribution in [0.5, 0.6) is 0 Å². The maximum atomic E-state index is 12.1. The Morgan fingerprint density at radius 2 is 1.84 bits per heavy atom. The van der Waals surface area contributed by atoms with E-state index in [4.69, 9.17) is 14.2 Å². The zero-order valence-electron chi connectivity index (χ0n) is 11.4. The Kier molecular flexibility index (Phi) is 3.88. The molecule has 2 rings (SSSR count). The molecule has 1 fully saturated rings. The fourth-order valence-electron chi connectivity index (χ4n) is 2.39. The molecule has 4 unspecified atom stereocenters. The van der Waals surface area contributed by atoms with Crippen LogP contribution in [0.1, 0.15) is 13.2 Å². The average molecular weight is 270 g/mol. The lowest BCUT2D eigenvalue weighted by atomic mass is 10.1. The molecule has 0 amide bonds. The highest BCUT2D eigenvalue weighted by Gasteiger charge is 2.44. The third-order valence-corrected chi connectivity index (χ3v) is 3.46. The highest BCUT2D eigenvalue weighted by molar-refractivity contribution is 4.94. The first-order valence-electron chi connectivity index (χ1n) is 6.00. The first-order valence-corrected chi connectivity index (χ1v) is 6.00. The quantitative estimate of drug-likeness (QED) is 0.740. The molecule has 19 heavy (non-hydrogen) atoms. The Morgan fingerprint density at radius 3 is 2.42 bits per heavy atom. The largest absolute Gasteiger partial charge is 0.376 e. The van der Waals surface area contributed by atoms with Gasteiger partial charge in [0.25, 0.3) is 5.56 Å². The summed E-state index contributed by atoms with van der Waals surface area (Å²) < 4.78 is 18.8. The van der Waals surface area contributed by atoms with Gasteiger partial charge >= 0.3 is 5.69 Å². The molecular formula is C12H18N2O5. The van der Waals surface area contributed by atoms with Gasteiger partial charge in [0.1, 0.15) is 12.2 Å². The van der Waals surface area contributed by atoms with Crippen molar-refractivity contribution in [1.82, 2.24) is 9.13 Å². The summed E-state index contributed by atoms with van der Waals surface area (Å²) in [5.74, 6) is 0. The molecule has 0 N–H and O–H groups in total. The van der Waals surface area contributed by atoms with Crippen LogP contribution in [0.2, 0.25) is 0 Å². The molecule has 1 aliphatic rings. The summed E-state index contributed by atoms with van der Waals surface area (Å²) in [7, 11) is 4.54. The van der Waals surface area contributed by atoms with Gasteiger partial charge in [-0.15, -0.1) is 0 Å². The molecule has 1 saturated heterocycles. The van der Waals surface area contributed by atoms with Crippen LogP contribution in [0, 0.1) is 0 Å². The standard InChI is InChI=1S/C12H18N2O5/c1-7-9(17-3)10(18-4)11(19-7)14-6-5-8(15)13(2)12(14)16/h5-7,9-11H,1-4H3. The van der Waals surface area contributed by atoms with Gasteiger partial charge in [0, 0.05) is 33.5 Å². The van der Waals surface area contributed by atoms with Crippen LogP contribution < -0.4 is 11.2 Å². The second-order valence-corrected chi connectivity index (χ2v) is 4.54. The van der Waals surface area contributed by atoms with E-state index in [0.29, 0.717) is 0 Å². The Hall–Kier alpha value is -1.44. The fourth-order valence-corrected chi connectivity index (χ4v) is 2.39. The molecule has 0 spiro atoms. The van der Waals surface area contributed by atoms with Gasteiger partial charge in [-0.1, -0.05) is 0 Å². The van der Waals surface area contributed by atoms with E-state index in [1.54, 1.807) is 7.11 Å². The monoisotopic (exact) mass is 270 g/mol. The van der Waals surface area contributed by atoms with Gasteiger partial charge in [-0.05, 0) is 6.92 Å². The molecule has 4 atom stereocenters. The predicted octanol–water partition coefficient (Wildman–Crippen LogP) is -0.506. The summed E-state index contributed by atoms with van der Waals surface area (Å²) in [5, 5.41) is 0. The van der Waals surface area contributed by atoms with Gasteiger partial charge in [-0.3, -0.25) is 13.9 Å². The number of ether oxygens (including phenoxy) is 3. The molecule has 0 radical (unpaired) electrons. The summed E-state index contributed by atoms with van der Waals surface area (Å²) in [4.78, 5) is 23.5. The lowest BCUT2D eigenvalue weighted by molar-refractivity contribution is -0.0550. The second kappa shape index (κ2) is 5.28. The number of methoxy groups -OCH3 is 2. The minimum atomic E-state index is -0.607. The summed E-state index contributed by atoms with van der Waals surface area (Å²) in [5.41, 5.74) is -0.798. The van der Waals surface area contributed by atoms with Crippen molar-refractivity contribution >= 4 is 0 Å². The molecule has 106 valence electrons. The molecule has 7 heteroatoms. The Morgan fingerprint density at radius 1 is 1.21 bits per heavy atom. The van der Waals surface area contributed by atoms with Crippen molar-refractivity contribution in [2.75, 3.05) is 14.2 Å². The summed E-state index contributed by atoms with van der Waals surface area (Å²) >= 11 is 0. The SMILES string of the molecule is COC1C(C)OC(n2ccc(=O)n(C)c2=O)C1OC. The Balaban J connectivity index is 2.45. The average Bonchev–Trinajstić information content (AvgIpc) is 2.72. The smallest absolute Gasteiger partial charge is 0.332 e. The Bertz CT molecular complexity index is 564. The molecule has 7 nitrogen and oxygen atoms in total. The van der Waals surface area contributed by atoms with Crippen LogP contribution in [-0.4, -0.2) is 41.7 Å². The third kappa shape index (κ3) is 2.24. The van der Waals surface area contributed by atoms with Crippen molar-refractivity contribution < 1.29 is 14.2 Å². The van der Waals surface area contributed by atoms with Crippen LogP contribution in [0.15, 0.2) is 21.9 Å². The lowest BCUT2D eigenvalue weighted by Gasteiger charge is -2.22. The van der Waals surface area contributed by atoms with Crippen molar-refractivity contribution in [3.63, 3.8) is 0 Å². The minimum absolute atomic E-state index is 0.205. The third-order valence-electron chi connectivity index (χ3n) is 3.46. The van der Waals surface area contributed by atoms with Crippen LogP contribution in [-0.2, 0) is 21.3 Å². The first-order chi connectivity index (χ1) is 9.01. The van der Waals surface area contributed by atoms with Gasteiger partial charge in [0.05, 0.1) is 6.10 Å². The topological polar surface area (TPSA) is 71.7 Å². The zero-order chi connectivity index (χ0) is 14.2. The van der Waals surface area contributed by atoms with Crippen molar-refractivity contribution in [3.8, 4) is 0 Å². The van der Waals surface area contributed by atoms with Crippen molar-refractivity contribution in [1.29, 1.82) is 0 Å². The predicted molar refractivity (Wildman–Crippen MR) is 67.1 cm³/mol. The molecular weight excluding hydrogens is 252 g/mol. The van der Waals surface area contributed by atoms with E-state index < -0.39 is 18.0 Å². The number of rotatable bonds is 3. The number of hydrogen-bond acceptors (Lipinski definition) is 5. The van der Waals surface area contributed by atoms with E-state index in [-0.39, 0.29) is 17.8 Å². The molecule has 0 aromatic carbocycles. The summed E-state index contributed by atoms with van der Waals surface area (Å²) in [6.07, 6.45) is -0.0609. The molecule has 0 aliphatic carbocycles. The number of nitrogens with zero attached hydrogens (tertiary/aromatic N) is 2. The molecule has 1 aliphatic heterocycles. The molecule has 2 heterocycles. The number of hydrogen-bond donors (Lipinski definition) is 0. The lowest BCUT2D eigenvalue weighted by Crippen LogP contribution is -2.42. The van der Waals surface area contributed by atoms with E-state index in [2.05, 4.69) is 0 Å². The number of aromatic nitrogens is 2. The van der Waals surface area contributed by atoms with E-state index in [0.717, 1.165) is 4.57 Å². The fraction of sp³-hybridized carbons (Fsp3) is 0.667. The normalized spacial score (nSPS) is 30.7. The van der Waals surface area contributed by atoms with Gasteiger partial charge in [0.2, 0.25) is 0 Å². The minimum Gasteiger partial charge on any atom is -0.376 e. The van der Waals surface area contributed by atoms with Gasteiger partial charge < -0.3 is 14.2 Å².